The van der Waals surface area contributed by atoms with E-state index in [2.05, 4.69) is 89.6 Å². The van der Waals surface area contributed by atoms with E-state index in [0.29, 0.717) is 0 Å². The maximum atomic E-state index is 5.29. The number of allylic oxidation sites excluding steroid dienone is 4. The van der Waals surface area contributed by atoms with Gasteiger partial charge in [-0.15, -0.1) is 0 Å². The van der Waals surface area contributed by atoms with Crippen LogP contribution in [0.4, 0.5) is 0 Å². The topological polar surface area (TPSA) is 114 Å². The van der Waals surface area contributed by atoms with Gasteiger partial charge in [0.25, 0.3) is 0 Å². The van der Waals surface area contributed by atoms with Crippen LogP contribution in [0.3, 0.4) is 0 Å². The molecule has 0 aromatic carbocycles. The predicted octanol–water partition coefficient (Wildman–Crippen LogP) is 9.79. The number of nitrogens with zero attached hydrogens (tertiary/aromatic N) is 2. The molecular weight excluding hydrogens is 571 g/mol. The van der Waals surface area contributed by atoms with Gasteiger partial charge in [-0.2, -0.15) is 0 Å². The van der Waals surface area contributed by atoms with Crippen LogP contribution in [0.5, 0.6) is 0 Å². The smallest absolute Gasteiger partial charge is 0.0693 e. The van der Waals surface area contributed by atoms with E-state index < -0.39 is 0 Å². The quantitative estimate of drug-likeness (QED) is 0.262. The first-order valence-corrected chi connectivity index (χ1v) is 15.7. The molecule has 0 atom stereocenters. The minimum absolute atomic E-state index is 0. The third-order valence-corrected chi connectivity index (χ3v) is 8.97. The Morgan fingerprint density at radius 2 is 0.605 bits per heavy atom. The minimum Gasteiger partial charge on any atom is -2.00 e. The SMILES string of the molecule is CCC1=C(CC)c2cc3[nH]c(cc4nc(cc5[nH]c(cc1n2)c(CC)c5CC)C(CC)=C4CC)c(CC)c3CC.[O-2].[O-2].[V]. The predicted molar refractivity (Wildman–Crippen MR) is 175 cm³/mol. The molecule has 2 aliphatic rings. The molecule has 3 aromatic rings. The summed E-state index contributed by atoms with van der Waals surface area (Å²) in [5, 5.41) is 0. The van der Waals surface area contributed by atoms with E-state index in [0.717, 1.165) is 74.1 Å². The summed E-state index contributed by atoms with van der Waals surface area (Å²) in [6.07, 6.45) is 7.84. The molecule has 7 heteroatoms. The number of hydrogen-bond donors (Lipinski definition) is 2. The summed E-state index contributed by atoms with van der Waals surface area (Å²) >= 11 is 0. The van der Waals surface area contributed by atoms with Gasteiger partial charge in [0, 0.05) is 40.6 Å². The summed E-state index contributed by atoms with van der Waals surface area (Å²) in [5.74, 6) is 0. The fourth-order valence-corrected chi connectivity index (χ4v) is 7.10. The Balaban J connectivity index is 0.00000215. The number of hydrogen-bond acceptors (Lipinski definition) is 2. The molecule has 0 spiro atoms. The number of aromatic nitrogens is 4. The van der Waals surface area contributed by atoms with Gasteiger partial charge in [0.2, 0.25) is 0 Å². The van der Waals surface area contributed by atoms with Crippen LogP contribution < -0.4 is 0 Å². The van der Waals surface area contributed by atoms with Crippen LogP contribution >= 0.6 is 0 Å². The van der Waals surface area contributed by atoms with Crippen molar-refractivity contribution in [3.05, 3.63) is 69.3 Å². The molecule has 0 fully saturated rings. The molecule has 2 aliphatic heterocycles. The molecule has 0 saturated carbocycles. The van der Waals surface area contributed by atoms with Crippen molar-refractivity contribution in [1.29, 1.82) is 0 Å². The van der Waals surface area contributed by atoms with E-state index >= 15 is 0 Å². The Labute approximate surface area is 269 Å². The Morgan fingerprint density at radius 3 is 0.767 bits per heavy atom. The maximum absolute atomic E-state index is 5.29. The molecule has 0 unspecified atom stereocenters. The van der Waals surface area contributed by atoms with Gasteiger partial charge in [0.1, 0.15) is 0 Å². The van der Waals surface area contributed by atoms with Crippen molar-refractivity contribution in [1.82, 2.24) is 19.9 Å². The van der Waals surface area contributed by atoms with Crippen molar-refractivity contribution in [2.24, 2.45) is 0 Å². The molecule has 5 heterocycles. The van der Waals surface area contributed by atoms with Gasteiger partial charge in [-0.1, -0.05) is 55.4 Å². The fraction of sp³-hybridized carbons (Fsp3) is 0.444. The second-order valence-electron chi connectivity index (χ2n) is 10.9. The number of H-pyrrole nitrogens is 2. The van der Waals surface area contributed by atoms with E-state index in [1.165, 1.54) is 66.6 Å². The summed E-state index contributed by atoms with van der Waals surface area (Å²) in [5.41, 5.74) is 20.2. The molecule has 231 valence electrons. The Hall–Kier alpha value is -2.90. The normalized spacial score (nSPS) is 12.7. The van der Waals surface area contributed by atoms with Crippen LogP contribution in [0, 0.1) is 0 Å². The largest absolute Gasteiger partial charge is 2.00 e. The minimum atomic E-state index is 0. The number of aromatic amines is 2. The van der Waals surface area contributed by atoms with Crippen LogP contribution in [0.2, 0.25) is 0 Å². The van der Waals surface area contributed by atoms with Gasteiger partial charge in [0.05, 0.1) is 22.8 Å². The summed E-state index contributed by atoms with van der Waals surface area (Å²) < 4.78 is 0. The first-order chi connectivity index (χ1) is 19.5. The molecule has 2 N–H and O–H groups in total. The van der Waals surface area contributed by atoms with Crippen molar-refractivity contribution < 1.29 is 29.5 Å². The zero-order chi connectivity index (χ0) is 28.6. The van der Waals surface area contributed by atoms with Crippen LogP contribution in [-0.2, 0) is 55.2 Å². The zero-order valence-corrected chi connectivity index (χ0v) is 28.5. The number of aryl methyl sites for hydroxylation is 4. The third-order valence-electron chi connectivity index (χ3n) is 8.97. The number of nitrogens with one attached hydrogen (secondary N) is 2. The summed E-state index contributed by atoms with van der Waals surface area (Å²) in [7, 11) is 0. The molecule has 0 aliphatic carbocycles. The average molecular weight is 618 g/mol. The van der Waals surface area contributed by atoms with E-state index in [-0.39, 0.29) is 29.5 Å². The Kier molecular flexibility index (Phi) is 12.8. The van der Waals surface area contributed by atoms with E-state index in [9.17, 15) is 0 Å². The van der Waals surface area contributed by atoms with Gasteiger partial charge in [-0.05, 0) is 120 Å². The monoisotopic (exact) mass is 617 g/mol. The third kappa shape index (κ3) is 6.21. The summed E-state index contributed by atoms with van der Waals surface area (Å²) in [4.78, 5) is 18.2. The van der Waals surface area contributed by atoms with Crippen molar-refractivity contribution in [3.8, 4) is 0 Å². The van der Waals surface area contributed by atoms with Crippen LogP contribution in [0.15, 0.2) is 24.3 Å². The van der Waals surface area contributed by atoms with Gasteiger partial charge < -0.3 is 20.9 Å². The van der Waals surface area contributed by atoms with Crippen molar-refractivity contribution in [2.45, 2.75) is 107 Å². The van der Waals surface area contributed by atoms with Gasteiger partial charge in [-0.3, -0.25) is 0 Å². The van der Waals surface area contributed by atoms with Crippen molar-refractivity contribution in [3.63, 3.8) is 0 Å². The van der Waals surface area contributed by atoms with Gasteiger partial charge >= 0.3 is 0 Å². The first-order valence-electron chi connectivity index (χ1n) is 15.7. The standard InChI is InChI=1S/C36H46N4.2O.V/c1-9-21-22(10-2)30-18-32-25(13-5)26(14-6)34(39-32)20-36-28(16-8)27(15-7)35(40-36)19-33-24(12-4)23(11-3)31(38-33)17-29(21)37-30;;;/h17-20,37,40H,9-16H2,1-8H3;;;/q;2*-2;. The van der Waals surface area contributed by atoms with Crippen molar-refractivity contribution in [2.75, 3.05) is 0 Å². The maximum Gasteiger partial charge on any atom is 0.0693 e. The Bertz CT molecular complexity index is 1450. The fourth-order valence-electron chi connectivity index (χ4n) is 7.10. The van der Waals surface area contributed by atoms with E-state index in [1.807, 2.05) is 0 Å². The second-order valence-corrected chi connectivity index (χ2v) is 10.9. The molecule has 0 saturated heterocycles. The Morgan fingerprint density at radius 1 is 0.395 bits per heavy atom. The molecule has 1 radical (unpaired) electrons. The summed E-state index contributed by atoms with van der Waals surface area (Å²) in [6, 6.07) is 9.24. The first kappa shape index (κ1) is 36.3. The zero-order valence-electron chi connectivity index (χ0n) is 27.1. The molecule has 3 aromatic heterocycles. The molecule has 0 amide bonds. The van der Waals surface area contributed by atoms with Gasteiger partial charge in [-0.25, -0.2) is 9.97 Å². The molecular formula is C36H46N4O2V-4. The molecule has 8 bridgehead atoms. The van der Waals surface area contributed by atoms with E-state index in [1.54, 1.807) is 0 Å². The van der Waals surface area contributed by atoms with Crippen LogP contribution in [0.25, 0.3) is 44.4 Å². The average Bonchev–Trinajstić information content (AvgIpc) is 3.67. The summed E-state index contributed by atoms with van der Waals surface area (Å²) in [6.45, 7) is 18.1. The van der Waals surface area contributed by atoms with Crippen LogP contribution in [-0.4, -0.2) is 19.9 Å². The van der Waals surface area contributed by atoms with E-state index in [4.69, 9.17) is 9.97 Å². The second kappa shape index (κ2) is 15.2. The number of rotatable bonds is 8. The van der Waals surface area contributed by atoms with Crippen LogP contribution in [0.1, 0.15) is 126 Å². The van der Waals surface area contributed by atoms with Gasteiger partial charge in [0.15, 0.2) is 0 Å². The molecule has 43 heavy (non-hydrogen) atoms. The number of fused-ring (bicyclic) bond motifs is 8. The molecule has 6 nitrogen and oxygen atoms in total. The van der Waals surface area contributed by atoms with Crippen molar-refractivity contribution >= 4 is 44.4 Å². The molecule has 5 rings (SSSR count).